The van der Waals surface area contributed by atoms with E-state index >= 15 is 0 Å². The number of nitrogens with one attached hydrogen (secondary N) is 1. The predicted molar refractivity (Wildman–Crippen MR) is 64.6 cm³/mol. The lowest BCUT2D eigenvalue weighted by molar-refractivity contribution is -0.136. The van der Waals surface area contributed by atoms with Gasteiger partial charge in [0.15, 0.2) is 6.29 Å². The molecule has 0 saturated carbocycles. The smallest absolute Gasteiger partial charge is 0.303 e. The first-order valence-electron chi connectivity index (χ1n) is 5.96. The number of aliphatic carboxylic acids is 1. The second kappa shape index (κ2) is 7.65. The summed E-state index contributed by atoms with van der Waals surface area (Å²) in [5.41, 5.74) is 2.22. The van der Waals surface area contributed by atoms with Crippen LogP contribution in [0.25, 0.3) is 0 Å². The Balaban J connectivity index is 2.30. The third kappa shape index (κ3) is 5.33. The van der Waals surface area contributed by atoms with Gasteiger partial charge >= 0.3 is 5.97 Å². The van der Waals surface area contributed by atoms with E-state index in [1.807, 2.05) is 18.5 Å². The minimum absolute atomic E-state index is 0.160. The highest BCUT2D eigenvalue weighted by atomic mass is 16.4. The maximum absolute atomic E-state index is 10.5. The molecule has 0 atom stereocenters. The van der Waals surface area contributed by atoms with Crippen LogP contribution in [0.3, 0.4) is 0 Å². The Bertz CT molecular complexity index is 357. The molecule has 0 aromatic carbocycles. The highest BCUT2D eigenvalue weighted by molar-refractivity contribution is 5.67. The molecule has 4 heteroatoms. The Labute approximate surface area is 101 Å². The van der Waals surface area contributed by atoms with Crippen LogP contribution in [0.4, 0.5) is 0 Å². The number of carbonyl (C=O) groups is 1. The van der Waals surface area contributed by atoms with Gasteiger partial charge in [0, 0.05) is 18.3 Å². The van der Waals surface area contributed by atoms with Crippen molar-refractivity contribution in [3.05, 3.63) is 23.5 Å². The second-order valence-electron chi connectivity index (χ2n) is 4.08. The van der Waals surface area contributed by atoms with Crippen molar-refractivity contribution >= 4 is 12.3 Å². The van der Waals surface area contributed by atoms with E-state index in [4.69, 9.17) is 5.11 Å². The molecule has 17 heavy (non-hydrogen) atoms. The quantitative estimate of drug-likeness (QED) is 0.646. The lowest BCUT2D eigenvalue weighted by Crippen LogP contribution is -2.00. The number of H-pyrrole nitrogens is 1. The molecule has 1 aromatic heterocycles. The van der Waals surface area contributed by atoms with Crippen molar-refractivity contribution < 1.29 is 14.7 Å². The van der Waals surface area contributed by atoms with Gasteiger partial charge in [0.25, 0.3) is 0 Å². The molecule has 1 radical (unpaired) electrons. The average molecular weight is 236 g/mol. The van der Waals surface area contributed by atoms with E-state index in [0.717, 1.165) is 31.4 Å². The van der Waals surface area contributed by atoms with Crippen LogP contribution in [-0.2, 0) is 22.4 Å². The normalized spacial score (nSPS) is 10.4. The van der Waals surface area contributed by atoms with Crippen LogP contribution in [0.5, 0.6) is 0 Å². The van der Waals surface area contributed by atoms with Crippen LogP contribution in [0.1, 0.15) is 43.4 Å². The summed E-state index contributed by atoms with van der Waals surface area (Å²) in [5, 5.41) is 8.63. The van der Waals surface area contributed by atoms with E-state index in [1.54, 1.807) is 0 Å². The molecular formula is C13H18NO3. The first-order chi connectivity index (χ1) is 8.24. The summed E-state index contributed by atoms with van der Waals surface area (Å²) < 4.78 is 0. The number of aryl methyl sites for hydroxylation is 2. The van der Waals surface area contributed by atoms with E-state index < -0.39 is 5.97 Å². The van der Waals surface area contributed by atoms with Crippen molar-refractivity contribution in [1.82, 2.24) is 4.98 Å². The van der Waals surface area contributed by atoms with Crippen LogP contribution in [0.15, 0.2) is 12.3 Å². The average Bonchev–Trinajstić information content (AvgIpc) is 2.73. The van der Waals surface area contributed by atoms with E-state index in [9.17, 15) is 9.59 Å². The molecule has 0 aliphatic heterocycles. The number of aromatic nitrogens is 1. The highest BCUT2D eigenvalue weighted by Gasteiger charge is 2.05. The van der Waals surface area contributed by atoms with Crippen LogP contribution in [-0.4, -0.2) is 22.3 Å². The molecule has 0 saturated heterocycles. The number of rotatable bonds is 9. The summed E-state index contributed by atoms with van der Waals surface area (Å²) in [6, 6.07) is 2.00. The third-order valence-electron chi connectivity index (χ3n) is 2.74. The second-order valence-corrected chi connectivity index (χ2v) is 4.08. The fourth-order valence-corrected chi connectivity index (χ4v) is 1.82. The monoisotopic (exact) mass is 236 g/mol. The van der Waals surface area contributed by atoms with Gasteiger partial charge in [-0.1, -0.05) is 6.42 Å². The molecule has 1 rings (SSSR count). The van der Waals surface area contributed by atoms with Gasteiger partial charge in [0.2, 0.25) is 0 Å². The minimum Gasteiger partial charge on any atom is -0.481 e. The number of carbonyl (C=O) groups excluding carboxylic acids is 1. The summed E-state index contributed by atoms with van der Waals surface area (Å²) in [4.78, 5) is 23.6. The molecule has 93 valence electrons. The maximum Gasteiger partial charge on any atom is 0.303 e. The van der Waals surface area contributed by atoms with Gasteiger partial charge in [-0.25, -0.2) is 0 Å². The molecule has 1 heterocycles. The van der Waals surface area contributed by atoms with Crippen LogP contribution >= 0.6 is 0 Å². The summed E-state index contributed by atoms with van der Waals surface area (Å²) in [5.74, 6) is -0.771. The topological polar surface area (TPSA) is 70.2 Å². The number of unbranched alkanes of at least 4 members (excludes halogenated alkanes) is 3. The van der Waals surface area contributed by atoms with Gasteiger partial charge < -0.3 is 10.1 Å². The van der Waals surface area contributed by atoms with E-state index in [1.165, 1.54) is 5.56 Å². The lowest BCUT2D eigenvalue weighted by atomic mass is 10.0. The number of carboxylic acids is 1. The molecule has 0 spiro atoms. The summed E-state index contributed by atoms with van der Waals surface area (Å²) >= 11 is 0. The molecule has 0 unspecified atom stereocenters. The Hall–Kier alpha value is -1.58. The molecule has 2 N–H and O–H groups in total. The Morgan fingerprint density at radius 3 is 2.82 bits per heavy atom. The van der Waals surface area contributed by atoms with E-state index in [2.05, 4.69) is 4.98 Å². The van der Waals surface area contributed by atoms with Crippen LogP contribution in [0.2, 0.25) is 0 Å². The zero-order valence-corrected chi connectivity index (χ0v) is 9.87. The predicted octanol–water partition coefficient (Wildman–Crippen LogP) is 2.24. The molecule has 0 aliphatic carbocycles. The Morgan fingerprint density at radius 1 is 1.29 bits per heavy atom. The molecule has 4 nitrogen and oxygen atoms in total. The lowest BCUT2D eigenvalue weighted by Gasteiger charge is -2.02. The van der Waals surface area contributed by atoms with Crippen molar-refractivity contribution in [2.24, 2.45) is 0 Å². The van der Waals surface area contributed by atoms with Gasteiger partial charge in [0.1, 0.15) is 0 Å². The molecule has 0 bridgehead atoms. The van der Waals surface area contributed by atoms with Gasteiger partial charge in [-0.2, -0.15) is 0 Å². The summed E-state index contributed by atoms with van der Waals surface area (Å²) in [7, 11) is 0. The molecule has 0 amide bonds. The van der Waals surface area contributed by atoms with Crippen molar-refractivity contribution in [3.63, 3.8) is 0 Å². The van der Waals surface area contributed by atoms with Gasteiger partial charge in [-0.3, -0.25) is 9.59 Å². The van der Waals surface area contributed by atoms with Crippen molar-refractivity contribution in [1.29, 1.82) is 0 Å². The van der Waals surface area contributed by atoms with Crippen molar-refractivity contribution in [2.75, 3.05) is 0 Å². The Kier molecular flexibility index (Phi) is 6.07. The fourth-order valence-electron chi connectivity index (χ4n) is 1.82. The van der Waals surface area contributed by atoms with Crippen LogP contribution in [0, 0.1) is 0 Å². The zero-order valence-electron chi connectivity index (χ0n) is 9.87. The molecular weight excluding hydrogens is 218 g/mol. The van der Waals surface area contributed by atoms with Gasteiger partial charge in [-0.05, 0) is 37.3 Å². The SMILES string of the molecule is O=[C]CCCCCc1cc[nH]c1CCC(=O)O. The first kappa shape index (κ1) is 13.5. The number of aromatic amines is 1. The van der Waals surface area contributed by atoms with Gasteiger partial charge in [-0.15, -0.1) is 0 Å². The van der Waals surface area contributed by atoms with Crippen molar-refractivity contribution in [3.8, 4) is 0 Å². The first-order valence-corrected chi connectivity index (χ1v) is 5.96. The Morgan fingerprint density at radius 2 is 2.12 bits per heavy atom. The van der Waals surface area contributed by atoms with E-state index in [-0.39, 0.29) is 6.42 Å². The molecule has 1 aromatic rings. The summed E-state index contributed by atoms with van der Waals surface area (Å²) in [6.07, 6.45) is 8.83. The highest BCUT2D eigenvalue weighted by Crippen LogP contribution is 2.13. The van der Waals surface area contributed by atoms with E-state index in [0.29, 0.717) is 12.8 Å². The minimum atomic E-state index is -0.771. The third-order valence-corrected chi connectivity index (χ3v) is 2.74. The standard InChI is InChI=1S/C13H18NO3/c15-10-4-2-1-3-5-11-8-9-14-12(11)6-7-13(16)17/h8-9,14H,1-7H2,(H,16,17). The number of hydrogen-bond donors (Lipinski definition) is 2. The van der Waals surface area contributed by atoms with Crippen molar-refractivity contribution in [2.45, 2.75) is 44.9 Å². The van der Waals surface area contributed by atoms with Crippen LogP contribution < -0.4 is 0 Å². The molecule has 0 aliphatic rings. The largest absolute Gasteiger partial charge is 0.481 e. The fraction of sp³-hybridized carbons (Fsp3) is 0.538. The summed E-state index contributed by atoms with van der Waals surface area (Å²) in [6.45, 7) is 0. The zero-order chi connectivity index (χ0) is 12.5. The maximum atomic E-state index is 10.5. The number of carboxylic acid groups (broad SMARTS) is 1. The molecule has 0 fully saturated rings. The van der Waals surface area contributed by atoms with Gasteiger partial charge in [0.05, 0.1) is 6.42 Å². The number of hydrogen-bond acceptors (Lipinski definition) is 2.